The zero-order valence-corrected chi connectivity index (χ0v) is 14.4. The summed E-state index contributed by atoms with van der Waals surface area (Å²) in [5, 5.41) is 22.3. The minimum Gasteiger partial charge on any atom is -0.456 e. The number of nitrogens with two attached hydrogens (primary N) is 1. The van der Waals surface area contributed by atoms with Gasteiger partial charge in [0.05, 0.1) is 11.9 Å². The minimum atomic E-state index is -0.674. The number of nitrogen functional groups attached to an aromatic ring is 1. The Morgan fingerprint density at radius 2 is 2.27 bits per heavy atom. The van der Waals surface area contributed by atoms with E-state index >= 15 is 0 Å². The van der Waals surface area contributed by atoms with Crippen molar-refractivity contribution in [3.8, 4) is 6.01 Å². The lowest BCUT2D eigenvalue weighted by Gasteiger charge is -2.26. The lowest BCUT2D eigenvalue weighted by molar-refractivity contribution is 0.0833. The van der Waals surface area contributed by atoms with Gasteiger partial charge in [-0.05, 0) is 38.8 Å². The summed E-state index contributed by atoms with van der Waals surface area (Å²) in [6, 6.07) is 1.86. The van der Waals surface area contributed by atoms with Gasteiger partial charge in [0.2, 0.25) is 0 Å². The third-order valence-electron chi connectivity index (χ3n) is 4.55. The van der Waals surface area contributed by atoms with Crippen LogP contribution in [0.1, 0.15) is 36.1 Å². The average Bonchev–Trinajstić information content (AvgIpc) is 3.26. The molecule has 0 radical (unpaired) electrons. The quantitative estimate of drug-likeness (QED) is 0.598. The number of imidazole rings is 1. The first kappa shape index (κ1) is 16.7. The van der Waals surface area contributed by atoms with E-state index in [0.29, 0.717) is 22.8 Å². The van der Waals surface area contributed by atoms with Crippen LogP contribution < -0.4 is 15.8 Å². The number of ether oxygens (including phenoxy) is 1. The zero-order valence-electron chi connectivity index (χ0n) is 14.4. The maximum atomic E-state index is 10.8. The van der Waals surface area contributed by atoms with Crippen LogP contribution in [0.3, 0.4) is 0 Å². The molecule has 4 heterocycles. The van der Waals surface area contributed by atoms with Gasteiger partial charge in [-0.1, -0.05) is 5.16 Å². The average molecular weight is 359 g/mol. The van der Waals surface area contributed by atoms with Gasteiger partial charge in [-0.3, -0.25) is 0 Å². The van der Waals surface area contributed by atoms with Crippen LogP contribution in [0.5, 0.6) is 6.01 Å². The molecule has 1 saturated heterocycles. The normalized spacial score (nSPS) is 16.8. The third kappa shape index (κ3) is 3.20. The number of nitrogens with zero attached hydrogens (tertiary/aromatic N) is 5. The molecule has 0 aromatic carbocycles. The van der Waals surface area contributed by atoms with Gasteiger partial charge in [0.15, 0.2) is 11.5 Å². The summed E-state index contributed by atoms with van der Waals surface area (Å²) in [4.78, 5) is 8.37. The molecule has 0 spiro atoms. The van der Waals surface area contributed by atoms with Crippen molar-refractivity contribution in [3.05, 3.63) is 29.4 Å². The van der Waals surface area contributed by atoms with E-state index in [2.05, 4.69) is 25.5 Å². The van der Waals surface area contributed by atoms with Crippen LogP contribution in [0, 0.1) is 12.8 Å². The molecule has 0 aliphatic carbocycles. The van der Waals surface area contributed by atoms with Crippen molar-refractivity contribution >= 4 is 11.5 Å². The van der Waals surface area contributed by atoms with Crippen LogP contribution in [-0.2, 0) is 6.61 Å². The predicted molar refractivity (Wildman–Crippen MR) is 91.3 cm³/mol. The fraction of sp³-hybridized carbons (Fsp3) is 0.500. The Morgan fingerprint density at radius 1 is 1.46 bits per heavy atom. The van der Waals surface area contributed by atoms with Gasteiger partial charge in [0, 0.05) is 6.07 Å². The summed E-state index contributed by atoms with van der Waals surface area (Å²) < 4.78 is 12.1. The third-order valence-corrected chi connectivity index (χ3v) is 4.55. The fourth-order valence-corrected chi connectivity index (χ4v) is 3.19. The Hall–Kier alpha value is -2.72. The molecule has 4 N–H and O–H groups in total. The Bertz CT molecular complexity index is 901. The predicted octanol–water partition coefficient (Wildman–Crippen LogP) is 0.615. The topological polar surface area (TPSA) is 137 Å². The van der Waals surface area contributed by atoms with E-state index in [4.69, 9.17) is 15.0 Å². The molecule has 1 unspecified atom stereocenters. The zero-order chi connectivity index (χ0) is 18.1. The number of hydrogen-bond acceptors (Lipinski definition) is 9. The van der Waals surface area contributed by atoms with Crippen LogP contribution in [0.25, 0.3) is 5.65 Å². The summed E-state index contributed by atoms with van der Waals surface area (Å²) >= 11 is 0. The summed E-state index contributed by atoms with van der Waals surface area (Å²) in [6.07, 6.45) is 2.71. The van der Waals surface area contributed by atoms with Gasteiger partial charge < -0.3 is 25.4 Å². The lowest BCUT2D eigenvalue weighted by atomic mass is 9.91. The van der Waals surface area contributed by atoms with Gasteiger partial charge in [0.25, 0.3) is 0 Å². The largest absolute Gasteiger partial charge is 0.456 e. The molecule has 1 aliphatic rings. The van der Waals surface area contributed by atoms with Crippen LogP contribution in [0.15, 0.2) is 16.8 Å². The molecule has 1 atom stereocenters. The molecular weight excluding hydrogens is 338 g/mol. The Morgan fingerprint density at radius 3 is 3.00 bits per heavy atom. The van der Waals surface area contributed by atoms with Crippen LogP contribution in [0.2, 0.25) is 0 Å². The Kier molecular flexibility index (Phi) is 4.43. The first-order valence-corrected chi connectivity index (χ1v) is 8.57. The molecule has 0 bridgehead atoms. The number of aliphatic hydroxyl groups is 1. The first-order chi connectivity index (χ1) is 12.6. The number of hydrogen-bond donors (Lipinski definition) is 3. The van der Waals surface area contributed by atoms with E-state index in [-0.39, 0.29) is 24.4 Å². The van der Waals surface area contributed by atoms with E-state index in [0.717, 1.165) is 25.9 Å². The number of aromatic nitrogens is 5. The molecule has 3 aromatic heterocycles. The molecule has 1 aliphatic heterocycles. The van der Waals surface area contributed by atoms with Gasteiger partial charge in [-0.25, -0.2) is 9.50 Å². The maximum absolute atomic E-state index is 10.8. The number of nitrogens with one attached hydrogen (secondary N) is 1. The number of rotatable bonds is 5. The van der Waals surface area contributed by atoms with Crippen LogP contribution in [-0.4, -0.2) is 42.9 Å². The van der Waals surface area contributed by atoms with E-state index in [1.807, 2.05) is 0 Å². The number of aliphatic hydroxyl groups excluding tert-OH is 1. The van der Waals surface area contributed by atoms with Crippen molar-refractivity contribution in [2.24, 2.45) is 5.92 Å². The van der Waals surface area contributed by atoms with Crippen LogP contribution in [0.4, 0.5) is 5.82 Å². The molecule has 0 amide bonds. The highest BCUT2D eigenvalue weighted by Gasteiger charge is 2.27. The molecule has 3 aromatic rings. The van der Waals surface area contributed by atoms with Crippen molar-refractivity contribution in [1.82, 2.24) is 30.1 Å². The molecule has 26 heavy (non-hydrogen) atoms. The summed E-state index contributed by atoms with van der Waals surface area (Å²) in [7, 11) is 0. The first-order valence-electron chi connectivity index (χ1n) is 8.57. The summed E-state index contributed by atoms with van der Waals surface area (Å²) in [6.45, 7) is 3.74. The molecule has 0 saturated carbocycles. The molecule has 10 nitrogen and oxygen atoms in total. The Labute approximate surface area is 149 Å². The van der Waals surface area contributed by atoms with Gasteiger partial charge in [-0.2, -0.15) is 4.98 Å². The van der Waals surface area contributed by atoms with Crippen molar-refractivity contribution in [2.45, 2.75) is 32.5 Å². The van der Waals surface area contributed by atoms with Crippen molar-refractivity contribution < 1.29 is 14.4 Å². The highest BCUT2D eigenvalue weighted by molar-refractivity contribution is 5.59. The monoisotopic (exact) mass is 359 g/mol. The van der Waals surface area contributed by atoms with E-state index in [9.17, 15) is 5.11 Å². The van der Waals surface area contributed by atoms with E-state index in [1.54, 1.807) is 19.2 Å². The fourth-order valence-electron chi connectivity index (χ4n) is 3.19. The maximum Gasteiger partial charge on any atom is 0.336 e. The van der Waals surface area contributed by atoms with Crippen molar-refractivity contribution in [3.63, 3.8) is 0 Å². The summed E-state index contributed by atoms with van der Waals surface area (Å²) in [5.74, 6) is 1.03. The highest BCUT2D eigenvalue weighted by Crippen LogP contribution is 2.29. The molecule has 4 rings (SSSR count). The standard InChI is InChI=1S/C16H21N7O3/c1-9-6-11(22-26-9)8-25-16-20-14(17)15-19-7-12(23(15)21-16)13(24)10-2-4-18-5-3-10/h6-7,10,13,18,24H,2-5,8H2,1H3,(H2,17,20,21). The number of anilines is 1. The molecular formula is C16H21N7O3. The smallest absolute Gasteiger partial charge is 0.336 e. The number of fused-ring (bicyclic) bond motifs is 1. The second-order valence-electron chi connectivity index (χ2n) is 6.45. The van der Waals surface area contributed by atoms with Crippen molar-refractivity contribution in [2.75, 3.05) is 18.8 Å². The van der Waals surface area contributed by atoms with Crippen molar-refractivity contribution in [1.29, 1.82) is 0 Å². The number of piperidine rings is 1. The molecule has 1 fully saturated rings. The van der Waals surface area contributed by atoms with Gasteiger partial charge in [-0.15, -0.1) is 5.10 Å². The van der Waals surface area contributed by atoms with Crippen LogP contribution >= 0.6 is 0 Å². The van der Waals surface area contributed by atoms with Gasteiger partial charge in [0.1, 0.15) is 24.2 Å². The van der Waals surface area contributed by atoms with Gasteiger partial charge >= 0.3 is 6.01 Å². The SMILES string of the molecule is Cc1cc(COc2nc(N)c3ncc(C(O)C4CCNCC4)n3n2)no1. The molecule has 138 valence electrons. The summed E-state index contributed by atoms with van der Waals surface area (Å²) in [5.41, 5.74) is 7.60. The highest BCUT2D eigenvalue weighted by atomic mass is 16.5. The number of aryl methyl sites for hydroxylation is 1. The second-order valence-corrected chi connectivity index (χ2v) is 6.45. The molecule has 10 heteroatoms. The second kappa shape index (κ2) is 6.89. The lowest BCUT2D eigenvalue weighted by Crippen LogP contribution is -2.31. The minimum absolute atomic E-state index is 0.0902. The van der Waals surface area contributed by atoms with E-state index < -0.39 is 6.10 Å². The van der Waals surface area contributed by atoms with E-state index in [1.165, 1.54) is 4.52 Å². The Balaban J connectivity index is 1.59.